The Kier molecular flexibility index (Phi) is 16.4. The van der Waals surface area contributed by atoms with E-state index in [2.05, 4.69) is 42.9 Å². The third kappa shape index (κ3) is 12.9. The standard InChI is InChI=1S/C19H19F2N7O2.C17H23N5O3.C13H10F2N2O2/c1-11-8-28-16(15(7-24-28)27-9-12(6-22)4-17(27)29)10-26(11)19(30)25-13-2-3-23-14(5-13)18(20)21;1-11-8-22-14(10-20(11)16(24)25-17(2,3)4)13(7-19-22)21-9-12(6-18)5-15(21)23;14-12(15)11-8-9(6-7-16-11)17-13(18)19-10-4-2-1-3-5-10/h2-3,5,7,11-12,18H,4,8-10H2,1H3,(H,23,25,30);7,11-12H,5,8-10H2,1-4H3;1-8,12H,(H,16,17,18)/t2*11-,12?;/m00./s1. The third-order valence-electron chi connectivity index (χ3n) is 12.0. The van der Waals surface area contributed by atoms with Gasteiger partial charge in [0.1, 0.15) is 22.7 Å². The van der Waals surface area contributed by atoms with Crippen LogP contribution >= 0.6 is 0 Å². The molecule has 9 rings (SSSR count). The highest BCUT2D eigenvalue weighted by Crippen LogP contribution is 2.34. The van der Waals surface area contributed by atoms with Crippen LogP contribution in [0.2, 0.25) is 0 Å². The summed E-state index contributed by atoms with van der Waals surface area (Å²) in [4.78, 5) is 74.8. The summed E-state index contributed by atoms with van der Waals surface area (Å²) in [6, 6.07) is 17.1. The molecule has 0 spiro atoms. The molecule has 4 aliphatic rings. The maximum absolute atomic E-state index is 12.9. The molecule has 0 aliphatic carbocycles. The molecule has 74 heavy (non-hydrogen) atoms. The number of rotatable bonds is 7. The summed E-state index contributed by atoms with van der Waals surface area (Å²) in [6.45, 7) is 11.4. The summed E-state index contributed by atoms with van der Waals surface area (Å²) in [6.07, 6.45) is -0.511. The van der Waals surface area contributed by atoms with E-state index in [0.29, 0.717) is 55.5 Å². The normalized spacial score (nSPS) is 19.0. The highest BCUT2D eigenvalue weighted by molar-refractivity contribution is 5.97. The molecule has 4 atom stereocenters. The molecule has 25 heteroatoms. The quantitative estimate of drug-likeness (QED) is 0.147. The van der Waals surface area contributed by atoms with E-state index in [1.807, 2.05) is 39.3 Å². The molecular weight excluding hydrogens is 973 g/mol. The number of aromatic nitrogens is 6. The predicted molar refractivity (Wildman–Crippen MR) is 256 cm³/mol. The molecule has 2 unspecified atom stereocenters. The Bertz CT molecular complexity index is 2950. The lowest BCUT2D eigenvalue weighted by Crippen LogP contribution is -2.47. The van der Waals surface area contributed by atoms with Crippen LogP contribution in [-0.4, -0.2) is 100 Å². The van der Waals surface area contributed by atoms with Crippen molar-refractivity contribution in [2.45, 2.75) is 104 Å². The summed E-state index contributed by atoms with van der Waals surface area (Å²) in [5.41, 5.74) is 1.80. The maximum Gasteiger partial charge on any atom is 0.417 e. The number of alkyl halides is 4. The Morgan fingerprint density at radius 2 is 1.18 bits per heavy atom. The number of nitrogens with zero attached hydrogens (tertiary/aromatic N) is 12. The Hall–Kier alpha value is -8.61. The average molecular weight is 1030 g/mol. The first-order valence-corrected chi connectivity index (χ1v) is 23.3. The maximum atomic E-state index is 12.9. The van der Waals surface area contributed by atoms with Gasteiger partial charge >= 0.3 is 18.2 Å². The van der Waals surface area contributed by atoms with E-state index < -0.39 is 42.0 Å². The molecule has 5 aromatic rings. The van der Waals surface area contributed by atoms with Crippen LogP contribution in [0.1, 0.15) is 83.1 Å². The van der Waals surface area contributed by atoms with Gasteiger partial charge in [0.2, 0.25) is 11.8 Å². The van der Waals surface area contributed by atoms with Gasteiger partial charge in [-0.1, -0.05) is 18.2 Å². The molecule has 8 heterocycles. The minimum atomic E-state index is -2.73. The van der Waals surface area contributed by atoms with Gasteiger partial charge in [-0.3, -0.25) is 39.1 Å². The van der Waals surface area contributed by atoms with Crippen molar-refractivity contribution in [2.24, 2.45) is 11.8 Å². The molecule has 1 aromatic carbocycles. The predicted octanol–water partition coefficient (Wildman–Crippen LogP) is 8.06. The lowest BCUT2D eigenvalue weighted by atomic mass is 10.1. The molecule has 0 radical (unpaired) electrons. The van der Waals surface area contributed by atoms with Crippen LogP contribution in [0.5, 0.6) is 5.75 Å². The molecule has 2 N–H and O–H groups in total. The Morgan fingerprint density at radius 1 is 0.703 bits per heavy atom. The minimum Gasteiger partial charge on any atom is -0.444 e. The first kappa shape index (κ1) is 53.2. The summed E-state index contributed by atoms with van der Waals surface area (Å²) in [5, 5.41) is 31.9. The average Bonchev–Trinajstić information content (AvgIpc) is 4.15. The first-order chi connectivity index (χ1) is 35.2. The van der Waals surface area contributed by atoms with Crippen molar-refractivity contribution in [2.75, 3.05) is 33.5 Å². The van der Waals surface area contributed by atoms with Crippen molar-refractivity contribution in [1.82, 2.24) is 39.3 Å². The number of pyridine rings is 2. The fraction of sp³-hybridized carbons (Fsp3) is 0.408. The molecule has 4 aliphatic heterocycles. The van der Waals surface area contributed by atoms with Crippen LogP contribution in [0.4, 0.5) is 54.7 Å². The number of carbonyl (C=O) groups is 5. The van der Waals surface area contributed by atoms with Crippen LogP contribution in [-0.2, 0) is 40.5 Å². The van der Waals surface area contributed by atoms with E-state index >= 15 is 0 Å². The molecule has 2 fully saturated rings. The highest BCUT2D eigenvalue weighted by Gasteiger charge is 2.39. The van der Waals surface area contributed by atoms with Crippen molar-refractivity contribution in [3.63, 3.8) is 0 Å². The first-order valence-electron chi connectivity index (χ1n) is 23.3. The number of hydrogen-bond acceptors (Lipinski definition) is 13. The lowest BCUT2D eigenvalue weighted by Gasteiger charge is -2.36. The van der Waals surface area contributed by atoms with Gasteiger partial charge in [-0.2, -0.15) is 20.7 Å². The second-order valence-electron chi connectivity index (χ2n) is 18.6. The van der Waals surface area contributed by atoms with E-state index in [1.54, 1.807) is 62.1 Å². The summed E-state index contributed by atoms with van der Waals surface area (Å²) in [7, 11) is 0. The molecular formula is C49H52F4N14O7. The van der Waals surface area contributed by atoms with Crippen molar-refractivity contribution in [3.05, 3.63) is 102 Å². The molecule has 2 saturated heterocycles. The van der Waals surface area contributed by atoms with Crippen molar-refractivity contribution < 1.29 is 51.0 Å². The van der Waals surface area contributed by atoms with Crippen LogP contribution in [0, 0.1) is 34.5 Å². The zero-order chi connectivity index (χ0) is 53.4. The number of ether oxygens (including phenoxy) is 2. The number of amides is 6. The number of anilines is 4. The number of halogens is 4. The van der Waals surface area contributed by atoms with E-state index in [-0.39, 0.29) is 72.6 Å². The van der Waals surface area contributed by atoms with Crippen molar-refractivity contribution >= 4 is 52.8 Å². The largest absolute Gasteiger partial charge is 0.444 e. The Morgan fingerprint density at radius 3 is 1.64 bits per heavy atom. The van der Waals surface area contributed by atoms with Crippen LogP contribution in [0.25, 0.3) is 0 Å². The number of para-hydroxylation sites is 1. The van der Waals surface area contributed by atoms with Gasteiger partial charge in [0, 0.05) is 49.7 Å². The summed E-state index contributed by atoms with van der Waals surface area (Å²) < 4.78 is 64.6. The molecule has 0 saturated carbocycles. The van der Waals surface area contributed by atoms with Gasteiger partial charge in [-0.15, -0.1) is 0 Å². The zero-order valence-corrected chi connectivity index (χ0v) is 40.9. The van der Waals surface area contributed by atoms with Crippen molar-refractivity contribution in [1.29, 1.82) is 10.5 Å². The van der Waals surface area contributed by atoms with E-state index in [1.165, 1.54) is 29.4 Å². The van der Waals surface area contributed by atoms with Gasteiger partial charge in [-0.05, 0) is 71.0 Å². The third-order valence-corrected chi connectivity index (χ3v) is 12.0. The Balaban J connectivity index is 0.000000166. The number of nitrogens with one attached hydrogen (secondary N) is 2. The van der Waals surface area contributed by atoms with Crippen LogP contribution < -0.4 is 25.2 Å². The molecule has 6 amide bonds. The number of benzene rings is 1. The van der Waals surface area contributed by atoms with Gasteiger partial charge < -0.3 is 29.5 Å². The van der Waals surface area contributed by atoms with E-state index in [4.69, 9.17) is 20.0 Å². The van der Waals surface area contributed by atoms with Crippen LogP contribution in [0.15, 0.2) is 79.4 Å². The number of nitriles is 2. The van der Waals surface area contributed by atoms with Gasteiger partial charge in [0.05, 0.1) is 97.4 Å². The number of fused-ring (bicyclic) bond motifs is 2. The summed E-state index contributed by atoms with van der Waals surface area (Å²) in [5.74, 6) is -0.533. The number of carbonyl (C=O) groups excluding carboxylic acids is 5. The monoisotopic (exact) mass is 1020 g/mol. The second-order valence-corrected chi connectivity index (χ2v) is 18.6. The van der Waals surface area contributed by atoms with Gasteiger partial charge in [-0.25, -0.2) is 31.9 Å². The van der Waals surface area contributed by atoms with Gasteiger partial charge in [0.25, 0.3) is 12.9 Å². The van der Waals surface area contributed by atoms with E-state index in [0.717, 1.165) is 17.8 Å². The van der Waals surface area contributed by atoms with Crippen molar-refractivity contribution in [3.8, 4) is 17.9 Å². The van der Waals surface area contributed by atoms with Crippen LogP contribution in [0.3, 0.4) is 0 Å². The van der Waals surface area contributed by atoms with E-state index in [9.17, 15) is 41.5 Å². The lowest BCUT2D eigenvalue weighted by molar-refractivity contribution is -0.118. The Labute approximate surface area is 422 Å². The molecule has 0 bridgehead atoms. The van der Waals surface area contributed by atoms with Gasteiger partial charge in [0.15, 0.2) is 0 Å². The topological polar surface area (TPSA) is 250 Å². The minimum absolute atomic E-state index is 0.0590. The molecule has 21 nitrogen and oxygen atoms in total. The second kappa shape index (κ2) is 22.9. The molecule has 4 aromatic heterocycles. The number of urea groups is 1. The smallest absolute Gasteiger partial charge is 0.417 e. The summed E-state index contributed by atoms with van der Waals surface area (Å²) >= 11 is 0. The molecule has 388 valence electrons. The fourth-order valence-corrected chi connectivity index (χ4v) is 8.34. The SMILES string of the molecule is C[C@H]1Cn2ncc(N3CC(C#N)CC3=O)c2CN1C(=O)Nc1ccnc(C(F)F)c1.C[C@H]1Cn2ncc(N3CC(C#N)CC3=O)c2CN1C(=O)OC(C)(C)C.O=C(Nc1ccnc(C(F)F)c1)Oc1ccccc1. The highest BCUT2D eigenvalue weighted by atomic mass is 19.3. The zero-order valence-electron chi connectivity index (χ0n) is 40.9. The fourth-order valence-electron chi connectivity index (χ4n) is 8.34. The number of hydrogen-bond donors (Lipinski definition) is 2.